The van der Waals surface area contributed by atoms with Gasteiger partial charge >= 0.3 is 21.1 Å². The van der Waals surface area contributed by atoms with E-state index in [1.807, 2.05) is 0 Å². The third kappa shape index (κ3) is 5.26. The summed E-state index contributed by atoms with van der Waals surface area (Å²) < 4.78 is 22.1. The number of benzene rings is 2. The number of fused-ring (bicyclic) bond motifs is 2. The van der Waals surface area contributed by atoms with E-state index in [0.29, 0.717) is 0 Å². The zero-order valence-electron chi connectivity index (χ0n) is 18.0. The molecule has 0 aliphatic carbocycles. The Morgan fingerprint density at radius 1 is 0.613 bits per heavy atom. The largest absolute Gasteiger partial charge is 2.00 e. The fourth-order valence-electron chi connectivity index (χ4n) is 4.43. The molecular formula is C22H28Cl2N2O4Pt. The quantitative estimate of drug-likeness (QED) is 0.356. The summed E-state index contributed by atoms with van der Waals surface area (Å²) in [5, 5.41) is 7.42. The molecule has 9 heteroatoms. The summed E-state index contributed by atoms with van der Waals surface area (Å²) in [5.74, 6) is 3.09. The van der Waals surface area contributed by atoms with E-state index in [4.69, 9.17) is 18.9 Å². The van der Waals surface area contributed by atoms with Crippen molar-refractivity contribution in [2.24, 2.45) is 0 Å². The van der Waals surface area contributed by atoms with Crippen LogP contribution < -0.4 is 54.4 Å². The van der Waals surface area contributed by atoms with Crippen LogP contribution in [0.4, 0.5) is 0 Å². The summed E-state index contributed by atoms with van der Waals surface area (Å²) >= 11 is 0. The van der Waals surface area contributed by atoms with E-state index < -0.39 is 0 Å². The fourth-order valence-corrected chi connectivity index (χ4v) is 4.43. The fraction of sp³-hybridized carbons (Fsp3) is 0.455. The Morgan fingerprint density at radius 2 is 0.935 bits per heavy atom. The first kappa shape index (κ1) is 27.9. The minimum atomic E-state index is 0. The first-order valence-electron chi connectivity index (χ1n) is 9.66. The van der Waals surface area contributed by atoms with Crippen molar-refractivity contribution in [3.63, 3.8) is 0 Å². The second-order valence-corrected chi connectivity index (χ2v) is 7.18. The molecule has 2 aromatic rings. The average molecular weight is 650 g/mol. The number of hydrogen-bond donors (Lipinski definition) is 2. The summed E-state index contributed by atoms with van der Waals surface area (Å²) in [4.78, 5) is 0. The van der Waals surface area contributed by atoms with Crippen LogP contribution in [0, 0.1) is 0 Å². The van der Waals surface area contributed by atoms with Crippen LogP contribution in [-0.2, 0) is 33.9 Å². The van der Waals surface area contributed by atoms with Crippen molar-refractivity contribution in [1.29, 1.82) is 0 Å². The third-order valence-electron chi connectivity index (χ3n) is 5.81. The van der Waals surface area contributed by atoms with Gasteiger partial charge in [0, 0.05) is 0 Å². The molecule has 0 unspecified atom stereocenters. The van der Waals surface area contributed by atoms with E-state index in [1.54, 1.807) is 28.4 Å². The van der Waals surface area contributed by atoms with Crippen LogP contribution in [0.2, 0.25) is 0 Å². The predicted molar refractivity (Wildman–Crippen MR) is 108 cm³/mol. The number of nitrogens with one attached hydrogen (secondary N) is 2. The molecule has 31 heavy (non-hydrogen) atoms. The molecule has 0 fully saturated rings. The molecule has 0 saturated carbocycles. The van der Waals surface area contributed by atoms with Crippen molar-refractivity contribution in [3.8, 4) is 23.0 Å². The molecule has 0 amide bonds. The SMILES string of the molecule is COc1cc2c(cc1OC)[C@H]([C@@H]1NCCc3cc(OC)c(OC)cc31)NCC2.[Cl-].[Cl-].[Pt+2]. The average Bonchev–Trinajstić information content (AvgIpc) is 2.76. The molecule has 2 aliphatic rings. The van der Waals surface area contributed by atoms with Crippen molar-refractivity contribution in [2.45, 2.75) is 24.9 Å². The molecule has 0 bridgehead atoms. The molecule has 2 heterocycles. The monoisotopic (exact) mass is 649 g/mol. The van der Waals surface area contributed by atoms with Gasteiger partial charge in [-0.1, -0.05) is 0 Å². The number of hydrogen-bond acceptors (Lipinski definition) is 6. The molecule has 2 atom stereocenters. The summed E-state index contributed by atoms with van der Waals surface area (Å²) in [6.45, 7) is 1.85. The van der Waals surface area contributed by atoms with E-state index in [9.17, 15) is 0 Å². The van der Waals surface area contributed by atoms with Crippen LogP contribution in [0.25, 0.3) is 0 Å². The smallest absolute Gasteiger partial charge is 1.00 e. The zero-order chi connectivity index (χ0) is 19.7. The summed E-state index contributed by atoms with van der Waals surface area (Å²) in [7, 11) is 6.73. The van der Waals surface area contributed by atoms with Crippen molar-refractivity contribution >= 4 is 0 Å². The molecular weight excluding hydrogens is 622 g/mol. The molecule has 0 spiro atoms. The molecule has 2 aliphatic heterocycles. The van der Waals surface area contributed by atoms with Gasteiger partial charge in [0.25, 0.3) is 0 Å². The van der Waals surface area contributed by atoms with Crippen LogP contribution in [0.3, 0.4) is 0 Å². The van der Waals surface area contributed by atoms with Crippen molar-refractivity contribution in [3.05, 3.63) is 46.5 Å². The third-order valence-corrected chi connectivity index (χ3v) is 5.81. The number of methoxy groups -OCH3 is 4. The van der Waals surface area contributed by atoms with Gasteiger partial charge in [-0.05, 0) is 72.5 Å². The standard InChI is InChI=1S/C22H28N2O4.2ClH.Pt/c1-25-17-9-13-5-7-23-21(15(13)11-19(17)27-3)22-16-12-20(28-4)18(26-2)10-14(16)6-8-24-22;;;/h9-12,21-24H,5-8H2,1-4H3;2*1H;/q;;;+2/p-2/t21-,22-;;;/m1.../s1. The molecule has 0 saturated heterocycles. The van der Waals surface area contributed by atoms with Gasteiger partial charge in [-0.25, -0.2) is 0 Å². The topological polar surface area (TPSA) is 61.0 Å². The van der Waals surface area contributed by atoms with Gasteiger partial charge < -0.3 is 54.4 Å². The van der Waals surface area contributed by atoms with Crippen LogP contribution in [0.1, 0.15) is 34.3 Å². The molecule has 6 nitrogen and oxygen atoms in total. The Labute approximate surface area is 210 Å². The summed E-state index contributed by atoms with van der Waals surface area (Å²) in [6.07, 6.45) is 1.94. The second-order valence-electron chi connectivity index (χ2n) is 7.18. The van der Waals surface area contributed by atoms with E-state index in [1.165, 1.54) is 22.3 Å². The first-order valence-corrected chi connectivity index (χ1v) is 9.66. The van der Waals surface area contributed by atoms with E-state index in [-0.39, 0.29) is 58.0 Å². The maximum absolute atomic E-state index is 5.56. The van der Waals surface area contributed by atoms with Gasteiger partial charge in [0.05, 0.1) is 40.5 Å². The van der Waals surface area contributed by atoms with Gasteiger partial charge in [-0.3, -0.25) is 0 Å². The summed E-state index contributed by atoms with van der Waals surface area (Å²) in [6, 6.07) is 8.73. The van der Waals surface area contributed by atoms with E-state index in [0.717, 1.165) is 48.9 Å². The molecule has 4 rings (SSSR count). The van der Waals surface area contributed by atoms with Gasteiger partial charge in [-0.15, -0.1) is 0 Å². The van der Waals surface area contributed by atoms with Crippen LogP contribution >= 0.6 is 0 Å². The van der Waals surface area contributed by atoms with Crippen molar-refractivity contribution in [2.75, 3.05) is 41.5 Å². The minimum Gasteiger partial charge on any atom is -1.00 e. The Balaban J connectivity index is 0.00000160. The molecule has 0 radical (unpaired) electrons. The minimum absolute atomic E-state index is 0. The maximum atomic E-state index is 5.56. The van der Waals surface area contributed by atoms with Gasteiger partial charge in [-0.2, -0.15) is 0 Å². The van der Waals surface area contributed by atoms with Gasteiger partial charge in [0.2, 0.25) is 0 Å². The molecule has 2 N–H and O–H groups in total. The molecule has 0 aromatic heterocycles. The van der Waals surface area contributed by atoms with E-state index in [2.05, 4.69) is 34.9 Å². The number of ether oxygens (including phenoxy) is 4. The molecule has 174 valence electrons. The molecule has 2 aromatic carbocycles. The Kier molecular flexibility index (Phi) is 10.9. The zero-order valence-corrected chi connectivity index (χ0v) is 21.8. The number of rotatable bonds is 5. The second kappa shape index (κ2) is 12.2. The Morgan fingerprint density at radius 3 is 1.26 bits per heavy atom. The van der Waals surface area contributed by atoms with Crippen molar-refractivity contribution < 1.29 is 64.8 Å². The van der Waals surface area contributed by atoms with Crippen LogP contribution in [-0.4, -0.2) is 41.5 Å². The maximum Gasteiger partial charge on any atom is 2.00 e. The van der Waals surface area contributed by atoms with Gasteiger partial charge in [0.15, 0.2) is 23.0 Å². The normalized spacial score (nSPS) is 18.7. The van der Waals surface area contributed by atoms with E-state index >= 15 is 0 Å². The Hall–Kier alpha value is -1.17. The van der Waals surface area contributed by atoms with Crippen LogP contribution in [0.5, 0.6) is 23.0 Å². The van der Waals surface area contributed by atoms with Gasteiger partial charge in [0.1, 0.15) is 0 Å². The van der Waals surface area contributed by atoms with Crippen molar-refractivity contribution in [1.82, 2.24) is 10.6 Å². The predicted octanol–water partition coefficient (Wildman–Crippen LogP) is -3.20. The first-order chi connectivity index (χ1) is 13.7. The number of halogens is 2. The summed E-state index contributed by atoms with van der Waals surface area (Å²) in [5.41, 5.74) is 5.11. The Bertz CT molecular complexity index is 814. The van der Waals surface area contributed by atoms with Crippen LogP contribution in [0.15, 0.2) is 24.3 Å².